The summed E-state index contributed by atoms with van der Waals surface area (Å²) in [6, 6.07) is 15.7. The van der Waals surface area contributed by atoms with E-state index in [-0.39, 0.29) is 5.91 Å². The molecule has 2 aromatic carbocycles. The van der Waals surface area contributed by atoms with Crippen molar-refractivity contribution in [1.29, 1.82) is 5.26 Å². The van der Waals surface area contributed by atoms with Crippen LogP contribution >= 0.6 is 23.5 Å². The summed E-state index contributed by atoms with van der Waals surface area (Å²) in [7, 11) is 5.86. The molecule has 0 bridgehead atoms. The average Bonchev–Trinajstić information content (AvgIpc) is 3.24. The van der Waals surface area contributed by atoms with Gasteiger partial charge in [0, 0.05) is 32.6 Å². The number of aliphatic imine (C=N–C) groups is 1. The Morgan fingerprint density at radius 2 is 1.93 bits per heavy atom. The Morgan fingerprint density at radius 3 is 2.60 bits per heavy atom. The van der Waals surface area contributed by atoms with E-state index in [1.807, 2.05) is 51.2 Å². The molecule has 2 aromatic rings. The van der Waals surface area contributed by atoms with Crippen LogP contribution in [0.15, 0.2) is 62.3 Å². The summed E-state index contributed by atoms with van der Waals surface area (Å²) in [5, 5.41) is 10.9. The van der Waals surface area contributed by atoms with E-state index in [9.17, 15) is 10.1 Å². The second-order valence-corrected chi connectivity index (χ2v) is 9.03. The van der Waals surface area contributed by atoms with Gasteiger partial charge in [-0.1, -0.05) is 23.9 Å². The Hall–Kier alpha value is -2.89. The first-order valence-electron chi connectivity index (χ1n) is 9.49. The number of carbonyl (C=O) groups is 1. The maximum Gasteiger partial charge on any atom is 0.269 e. The number of hydrogen-bond acceptors (Lipinski definition) is 7. The Morgan fingerprint density at radius 1 is 1.17 bits per heavy atom. The molecule has 4 rings (SSSR count). The number of anilines is 2. The van der Waals surface area contributed by atoms with E-state index in [1.54, 1.807) is 28.8 Å². The molecule has 0 aromatic heterocycles. The van der Waals surface area contributed by atoms with Crippen LogP contribution in [0.25, 0.3) is 0 Å². The number of thioether (sulfide) groups is 2. The van der Waals surface area contributed by atoms with Crippen LogP contribution in [0.3, 0.4) is 0 Å². The molecule has 6 nitrogen and oxygen atoms in total. The summed E-state index contributed by atoms with van der Waals surface area (Å²) in [5.41, 5.74) is 3.21. The van der Waals surface area contributed by atoms with Crippen molar-refractivity contribution in [2.24, 2.45) is 4.99 Å². The molecular formula is C22H21N5OS2. The number of para-hydroxylation sites is 1. The molecule has 30 heavy (non-hydrogen) atoms. The molecule has 1 amide bonds. The summed E-state index contributed by atoms with van der Waals surface area (Å²) >= 11 is 3.01. The van der Waals surface area contributed by atoms with Crippen LogP contribution in [0.5, 0.6) is 0 Å². The SMILES string of the molecule is CCN1C(=O)C(=C2Sc3ccccc3N2C)SC1=Nc1cc(C#N)ccc1N(C)C. The summed E-state index contributed by atoms with van der Waals surface area (Å²) < 4.78 is 0. The number of fused-ring (bicyclic) bond motifs is 1. The predicted molar refractivity (Wildman–Crippen MR) is 125 cm³/mol. The number of likely N-dealkylation sites (N-methyl/N-ethyl adjacent to an activating group) is 1. The number of carbonyl (C=O) groups excluding carboxylic acids is 1. The van der Waals surface area contributed by atoms with Crippen LogP contribution < -0.4 is 9.80 Å². The molecule has 152 valence electrons. The van der Waals surface area contributed by atoms with Crippen molar-refractivity contribution in [3.05, 3.63) is 58.0 Å². The maximum absolute atomic E-state index is 13.2. The van der Waals surface area contributed by atoms with E-state index >= 15 is 0 Å². The van der Waals surface area contributed by atoms with Crippen molar-refractivity contribution in [2.45, 2.75) is 11.8 Å². The van der Waals surface area contributed by atoms with Crippen LogP contribution in [0, 0.1) is 11.3 Å². The lowest BCUT2D eigenvalue weighted by Gasteiger charge is -2.17. The lowest BCUT2D eigenvalue weighted by molar-refractivity contribution is -0.122. The largest absolute Gasteiger partial charge is 0.376 e. The molecule has 0 aliphatic carbocycles. The van der Waals surface area contributed by atoms with Crippen molar-refractivity contribution in [3.63, 3.8) is 0 Å². The lowest BCUT2D eigenvalue weighted by Crippen LogP contribution is -2.29. The third-order valence-electron chi connectivity index (χ3n) is 4.91. The highest BCUT2D eigenvalue weighted by Crippen LogP contribution is 2.50. The van der Waals surface area contributed by atoms with Gasteiger partial charge in [0.1, 0.15) is 4.91 Å². The Kier molecular flexibility index (Phi) is 5.50. The summed E-state index contributed by atoms with van der Waals surface area (Å²) in [4.78, 5) is 25.6. The van der Waals surface area contributed by atoms with E-state index in [2.05, 4.69) is 23.1 Å². The van der Waals surface area contributed by atoms with Gasteiger partial charge in [-0.2, -0.15) is 5.26 Å². The molecule has 2 heterocycles. The van der Waals surface area contributed by atoms with E-state index < -0.39 is 0 Å². The first-order chi connectivity index (χ1) is 14.4. The number of amidine groups is 1. The van der Waals surface area contributed by atoms with E-state index in [0.29, 0.717) is 27.9 Å². The third kappa shape index (κ3) is 3.44. The third-order valence-corrected chi connectivity index (χ3v) is 7.35. The zero-order valence-corrected chi connectivity index (χ0v) is 18.8. The minimum absolute atomic E-state index is 0.0359. The van der Waals surface area contributed by atoms with Gasteiger partial charge in [0.05, 0.1) is 33.7 Å². The minimum Gasteiger partial charge on any atom is -0.376 e. The topological polar surface area (TPSA) is 62.9 Å². The zero-order chi connectivity index (χ0) is 21.4. The standard InChI is InChI=1S/C22H21N5OS2/c1-5-27-20(28)19(21-26(4)17-8-6-7-9-18(17)29-21)30-22(27)24-15-12-14(13-23)10-11-16(15)25(2)3/h6-12H,5H2,1-4H3. The lowest BCUT2D eigenvalue weighted by atomic mass is 10.2. The maximum atomic E-state index is 13.2. The van der Waals surface area contributed by atoms with E-state index in [4.69, 9.17) is 4.99 Å². The van der Waals surface area contributed by atoms with Crippen molar-refractivity contribution in [3.8, 4) is 6.07 Å². The minimum atomic E-state index is -0.0359. The monoisotopic (exact) mass is 435 g/mol. The molecule has 0 saturated carbocycles. The van der Waals surface area contributed by atoms with Gasteiger partial charge in [-0.25, -0.2) is 4.99 Å². The fraction of sp³-hybridized carbons (Fsp3) is 0.227. The summed E-state index contributed by atoms with van der Waals surface area (Å²) in [5.74, 6) is -0.0359. The highest BCUT2D eigenvalue weighted by Gasteiger charge is 2.38. The highest BCUT2D eigenvalue weighted by molar-refractivity contribution is 8.19. The molecule has 0 atom stereocenters. The van der Waals surface area contributed by atoms with Crippen molar-refractivity contribution in [1.82, 2.24) is 4.90 Å². The van der Waals surface area contributed by atoms with Gasteiger partial charge in [-0.15, -0.1) is 0 Å². The van der Waals surface area contributed by atoms with Crippen LogP contribution in [0.2, 0.25) is 0 Å². The molecule has 1 fully saturated rings. The van der Waals surface area contributed by atoms with Crippen molar-refractivity contribution >= 4 is 51.7 Å². The molecular weight excluding hydrogens is 414 g/mol. The number of nitriles is 1. The normalized spacial score (nSPS) is 19.4. The van der Waals surface area contributed by atoms with Gasteiger partial charge in [0.25, 0.3) is 5.91 Å². The number of nitrogens with zero attached hydrogens (tertiary/aromatic N) is 5. The molecule has 0 spiro atoms. The van der Waals surface area contributed by atoms with Gasteiger partial charge in [-0.3, -0.25) is 9.69 Å². The van der Waals surface area contributed by atoms with Gasteiger partial charge in [0.15, 0.2) is 5.17 Å². The van der Waals surface area contributed by atoms with Gasteiger partial charge < -0.3 is 9.80 Å². The number of rotatable bonds is 3. The smallest absolute Gasteiger partial charge is 0.269 e. The summed E-state index contributed by atoms with van der Waals surface area (Å²) in [6.07, 6.45) is 0. The fourth-order valence-corrected chi connectivity index (χ4v) is 5.76. The van der Waals surface area contributed by atoms with Crippen LogP contribution in [0.1, 0.15) is 12.5 Å². The van der Waals surface area contributed by atoms with Gasteiger partial charge in [0.2, 0.25) is 0 Å². The molecule has 0 N–H and O–H groups in total. The van der Waals surface area contributed by atoms with E-state index in [0.717, 1.165) is 21.3 Å². The first-order valence-corrected chi connectivity index (χ1v) is 11.1. The van der Waals surface area contributed by atoms with E-state index in [1.165, 1.54) is 11.8 Å². The molecule has 2 aliphatic rings. The molecule has 0 radical (unpaired) electrons. The quantitative estimate of drug-likeness (QED) is 0.656. The molecule has 8 heteroatoms. The predicted octanol–water partition coefficient (Wildman–Crippen LogP) is 4.62. The van der Waals surface area contributed by atoms with Crippen LogP contribution in [-0.2, 0) is 4.79 Å². The fourth-order valence-electron chi connectivity index (χ4n) is 3.36. The first kappa shape index (κ1) is 20.4. The second kappa shape index (κ2) is 8.09. The van der Waals surface area contributed by atoms with Crippen LogP contribution in [0.4, 0.5) is 17.1 Å². The zero-order valence-electron chi connectivity index (χ0n) is 17.2. The molecule has 0 unspecified atom stereocenters. The van der Waals surface area contributed by atoms with Gasteiger partial charge in [-0.05, 0) is 49.0 Å². The Bertz CT molecular complexity index is 1130. The Labute approximate surface area is 184 Å². The second-order valence-electron chi connectivity index (χ2n) is 7.02. The molecule has 1 saturated heterocycles. The van der Waals surface area contributed by atoms with Crippen molar-refractivity contribution in [2.75, 3.05) is 37.5 Å². The van der Waals surface area contributed by atoms with Crippen molar-refractivity contribution < 1.29 is 4.79 Å². The number of amides is 1. The summed E-state index contributed by atoms with van der Waals surface area (Å²) in [6.45, 7) is 2.47. The molecule has 2 aliphatic heterocycles. The van der Waals surface area contributed by atoms with Crippen LogP contribution in [-0.4, -0.2) is 43.7 Å². The Balaban J connectivity index is 1.77. The van der Waals surface area contributed by atoms with Gasteiger partial charge >= 0.3 is 0 Å². The average molecular weight is 436 g/mol. The number of hydrogen-bond donors (Lipinski definition) is 0. The highest BCUT2D eigenvalue weighted by atomic mass is 32.2. The number of benzene rings is 2.